The molecule has 0 spiro atoms. The largest absolute Gasteiger partial charge is 0.300 e. The molecule has 1 aliphatic rings. The van der Waals surface area contributed by atoms with E-state index in [1.54, 1.807) is 0 Å². The summed E-state index contributed by atoms with van der Waals surface area (Å²) in [6.07, 6.45) is 0.973. The van der Waals surface area contributed by atoms with E-state index in [0.717, 1.165) is 25.9 Å². The van der Waals surface area contributed by atoms with Crippen molar-refractivity contribution in [3.63, 3.8) is 0 Å². The van der Waals surface area contributed by atoms with Crippen molar-refractivity contribution in [1.29, 1.82) is 0 Å². The van der Waals surface area contributed by atoms with Gasteiger partial charge in [0.05, 0.1) is 0 Å². The highest BCUT2D eigenvalue weighted by molar-refractivity contribution is 5.57. The SMILES string of the molecule is CN1CCN(Cc2ccccc2)C1C=O. The number of rotatable bonds is 3. The Morgan fingerprint density at radius 3 is 2.73 bits per heavy atom. The Hall–Kier alpha value is -1.19. The molecule has 1 unspecified atom stereocenters. The lowest BCUT2D eigenvalue weighted by Gasteiger charge is -2.22. The van der Waals surface area contributed by atoms with Gasteiger partial charge < -0.3 is 4.79 Å². The summed E-state index contributed by atoms with van der Waals surface area (Å²) in [6, 6.07) is 10.3. The molecule has 0 bridgehead atoms. The van der Waals surface area contributed by atoms with E-state index in [2.05, 4.69) is 21.9 Å². The third-order valence-electron chi connectivity index (χ3n) is 2.92. The molecule has 3 heteroatoms. The molecule has 1 saturated heterocycles. The van der Waals surface area contributed by atoms with Crippen LogP contribution >= 0.6 is 0 Å². The van der Waals surface area contributed by atoms with Crippen LogP contribution in [0.2, 0.25) is 0 Å². The summed E-state index contributed by atoms with van der Waals surface area (Å²) < 4.78 is 0. The van der Waals surface area contributed by atoms with Gasteiger partial charge in [0.1, 0.15) is 6.17 Å². The van der Waals surface area contributed by atoms with Gasteiger partial charge in [-0.15, -0.1) is 0 Å². The minimum absolute atomic E-state index is 0.0507. The Morgan fingerprint density at radius 1 is 1.33 bits per heavy atom. The third-order valence-corrected chi connectivity index (χ3v) is 2.92. The number of hydrogen-bond donors (Lipinski definition) is 0. The van der Waals surface area contributed by atoms with Crippen molar-refractivity contribution in [2.45, 2.75) is 12.7 Å². The highest BCUT2D eigenvalue weighted by Crippen LogP contribution is 2.14. The summed E-state index contributed by atoms with van der Waals surface area (Å²) in [7, 11) is 1.99. The van der Waals surface area contributed by atoms with Gasteiger partial charge in [0, 0.05) is 19.6 Å². The Kier molecular flexibility index (Phi) is 3.14. The van der Waals surface area contributed by atoms with Crippen LogP contribution in [0.3, 0.4) is 0 Å². The molecule has 1 fully saturated rings. The molecule has 80 valence electrons. The second kappa shape index (κ2) is 4.55. The zero-order chi connectivity index (χ0) is 10.7. The quantitative estimate of drug-likeness (QED) is 0.685. The van der Waals surface area contributed by atoms with Crippen LogP contribution in [0.5, 0.6) is 0 Å². The van der Waals surface area contributed by atoms with Crippen molar-refractivity contribution in [2.24, 2.45) is 0 Å². The summed E-state index contributed by atoms with van der Waals surface area (Å²) in [5.41, 5.74) is 1.26. The normalized spacial score (nSPS) is 23.1. The van der Waals surface area contributed by atoms with Gasteiger partial charge in [0.25, 0.3) is 0 Å². The van der Waals surface area contributed by atoms with Crippen LogP contribution in [0.1, 0.15) is 5.56 Å². The van der Waals surface area contributed by atoms with E-state index in [0.29, 0.717) is 0 Å². The minimum atomic E-state index is -0.0507. The lowest BCUT2D eigenvalue weighted by atomic mass is 10.2. The van der Waals surface area contributed by atoms with E-state index in [-0.39, 0.29) is 6.17 Å². The summed E-state index contributed by atoms with van der Waals surface area (Å²) in [4.78, 5) is 15.2. The lowest BCUT2D eigenvalue weighted by Crippen LogP contribution is -2.37. The van der Waals surface area contributed by atoms with Crippen molar-refractivity contribution >= 4 is 6.29 Å². The van der Waals surface area contributed by atoms with Crippen molar-refractivity contribution in [1.82, 2.24) is 9.80 Å². The number of nitrogens with zero attached hydrogens (tertiary/aromatic N) is 2. The third kappa shape index (κ3) is 2.25. The topological polar surface area (TPSA) is 23.6 Å². The van der Waals surface area contributed by atoms with Crippen LogP contribution in [0.4, 0.5) is 0 Å². The molecule has 3 nitrogen and oxygen atoms in total. The number of benzene rings is 1. The molecule has 1 aromatic rings. The fourth-order valence-corrected chi connectivity index (χ4v) is 2.01. The molecular weight excluding hydrogens is 188 g/mol. The van der Waals surface area contributed by atoms with E-state index in [1.165, 1.54) is 5.56 Å². The van der Waals surface area contributed by atoms with Gasteiger partial charge in [-0.05, 0) is 12.6 Å². The molecule has 0 aromatic heterocycles. The zero-order valence-corrected chi connectivity index (χ0v) is 8.97. The van der Waals surface area contributed by atoms with E-state index in [9.17, 15) is 4.79 Å². The first kappa shape index (κ1) is 10.3. The molecule has 1 aliphatic heterocycles. The highest BCUT2D eigenvalue weighted by Gasteiger charge is 2.28. The highest BCUT2D eigenvalue weighted by atomic mass is 16.1. The van der Waals surface area contributed by atoms with Gasteiger partial charge in [-0.25, -0.2) is 0 Å². The van der Waals surface area contributed by atoms with Crippen LogP contribution in [0, 0.1) is 0 Å². The molecule has 1 atom stereocenters. The van der Waals surface area contributed by atoms with Crippen LogP contribution in [-0.2, 0) is 11.3 Å². The van der Waals surface area contributed by atoms with Crippen molar-refractivity contribution in [3.05, 3.63) is 35.9 Å². The van der Waals surface area contributed by atoms with Crippen molar-refractivity contribution in [3.8, 4) is 0 Å². The van der Waals surface area contributed by atoms with Crippen LogP contribution in [0.25, 0.3) is 0 Å². The van der Waals surface area contributed by atoms with Gasteiger partial charge in [0.15, 0.2) is 6.29 Å². The molecule has 2 rings (SSSR count). The lowest BCUT2D eigenvalue weighted by molar-refractivity contribution is -0.115. The smallest absolute Gasteiger partial charge is 0.151 e. The fourth-order valence-electron chi connectivity index (χ4n) is 2.01. The second-order valence-corrected chi connectivity index (χ2v) is 3.99. The van der Waals surface area contributed by atoms with E-state index in [1.807, 2.05) is 25.2 Å². The number of carbonyl (C=O) groups is 1. The van der Waals surface area contributed by atoms with Gasteiger partial charge in [-0.2, -0.15) is 0 Å². The van der Waals surface area contributed by atoms with Crippen LogP contribution in [0.15, 0.2) is 30.3 Å². The number of hydrogen-bond acceptors (Lipinski definition) is 3. The Balaban J connectivity index is 2.03. The standard InChI is InChI=1S/C12H16N2O/c1-13-7-8-14(12(13)10-15)9-11-5-3-2-4-6-11/h2-6,10,12H,7-9H2,1H3. The molecule has 15 heavy (non-hydrogen) atoms. The number of carbonyl (C=O) groups excluding carboxylic acids is 1. The molecule has 0 radical (unpaired) electrons. The number of aldehydes is 1. The maximum absolute atomic E-state index is 10.9. The molecule has 0 N–H and O–H groups in total. The fraction of sp³-hybridized carbons (Fsp3) is 0.417. The first-order valence-electron chi connectivity index (χ1n) is 5.25. The summed E-state index contributed by atoms with van der Waals surface area (Å²) >= 11 is 0. The zero-order valence-electron chi connectivity index (χ0n) is 8.97. The van der Waals surface area contributed by atoms with E-state index >= 15 is 0 Å². The van der Waals surface area contributed by atoms with Crippen molar-refractivity contribution in [2.75, 3.05) is 20.1 Å². The van der Waals surface area contributed by atoms with Gasteiger partial charge in [-0.1, -0.05) is 30.3 Å². The summed E-state index contributed by atoms with van der Waals surface area (Å²) in [5.74, 6) is 0. The molecule has 0 saturated carbocycles. The predicted molar refractivity (Wildman–Crippen MR) is 59.3 cm³/mol. The average molecular weight is 204 g/mol. The van der Waals surface area contributed by atoms with E-state index < -0.39 is 0 Å². The second-order valence-electron chi connectivity index (χ2n) is 3.99. The van der Waals surface area contributed by atoms with Gasteiger partial charge in [-0.3, -0.25) is 9.80 Å². The number of likely N-dealkylation sites (N-methyl/N-ethyl adjacent to an activating group) is 1. The first-order valence-corrected chi connectivity index (χ1v) is 5.25. The maximum atomic E-state index is 10.9. The monoisotopic (exact) mass is 204 g/mol. The summed E-state index contributed by atoms with van der Waals surface area (Å²) in [6.45, 7) is 2.79. The van der Waals surface area contributed by atoms with E-state index in [4.69, 9.17) is 0 Å². The predicted octanol–water partition coefficient (Wildman–Crippen LogP) is 0.959. The minimum Gasteiger partial charge on any atom is -0.300 e. The maximum Gasteiger partial charge on any atom is 0.151 e. The Bertz CT molecular complexity index is 326. The Labute approximate surface area is 90.3 Å². The summed E-state index contributed by atoms with van der Waals surface area (Å²) in [5, 5.41) is 0. The average Bonchev–Trinajstić information content (AvgIpc) is 2.61. The van der Waals surface area contributed by atoms with Crippen molar-refractivity contribution < 1.29 is 4.79 Å². The van der Waals surface area contributed by atoms with Crippen LogP contribution in [-0.4, -0.2) is 42.4 Å². The van der Waals surface area contributed by atoms with Gasteiger partial charge in [0.2, 0.25) is 0 Å². The first-order chi connectivity index (χ1) is 7.31. The molecule has 1 aromatic carbocycles. The Morgan fingerprint density at radius 2 is 2.07 bits per heavy atom. The molecule has 1 heterocycles. The molecule has 0 amide bonds. The van der Waals surface area contributed by atoms with Crippen LogP contribution < -0.4 is 0 Å². The molecule has 0 aliphatic carbocycles. The molecular formula is C12H16N2O. The van der Waals surface area contributed by atoms with Gasteiger partial charge >= 0.3 is 0 Å².